The average Bonchev–Trinajstić information content (AvgIpc) is 3.27. The quantitative estimate of drug-likeness (QED) is 0.501. The van der Waals surface area contributed by atoms with Gasteiger partial charge in [-0.15, -0.1) is 0 Å². The zero-order chi connectivity index (χ0) is 25.0. The summed E-state index contributed by atoms with van der Waals surface area (Å²) in [6, 6.07) is 9.61. The molecular formula is C27H34O8. The van der Waals surface area contributed by atoms with Crippen LogP contribution in [0.25, 0.3) is 0 Å². The van der Waals surface area contributed by atoms with Gasteiger partial charge in [0.05, 0.1) is 50.2 Å². The number of aliphatic hydroxyl groups is 1. The van der Waals surface area contributed by atoms with E-state index in [1.807, 2.05) is 57.2 Å². The molecule has 8 atom stereocenters. The van der Waals surface area contributed by atoms with Gasteiger partial charge in [0.25, 0.3) is 0 Å². The summed E-state index contributed by atoms with van der Waals surface area (Å²) in [4.78, 5) is 26.0. The van der Waals surface area contributed by atoms with E-state index in [0.29, 0.717) is 12.8 Å². The zero-order valence-electron chi connectivity index (χ0n) is 20.6. The van der Waals surface area contributed by atoms with E-state index in [4.69, 9.17) is 23.7 Å². The first-order valence-corrected chi connectivity index (χ1v) is 12.2. The molecule has 0 spiro atoms. The monoisotopic (exact) mass is 486 g/mol. The van der Waals surface area contributed by atoms with Crippen molar-refractivity contribution in [1.29, 1.82) is 0 Å². The zero-order valence-corrected chi connectivity index (χ0v) is 20.6. The number of fused-ring (bicyclic) bond motifs is 4. The second-order valence-corrected chi connectivity index (χ2v) is 11.1. The van der Waals surface area contributed by atoms with Crippen LogP contribution in [0.3, 0.4) is 0 Å². The number of methoxy groups -OCH3 is 1. The molecule has 2 saturated heterocycles. The highest BCUT2D eigenvalue weighted by molar-refractivity contribution is 5.80. The maximum atomic E-state index is 13.5. The molecule has 35 heavy (non-hydrogen) atoms. The van der Waals surface area contributed by atoms with E-state index in [2.05, 4.69) is 0 Å². The summed E-state index contributed by atoms with van der Waals surface area (Å²) in [6.45, 7) is 5.66. The fourth-order valence-corrected chi connectivity index (χ4v) is 6.41. The summed E-state index contributed by atoms with van der Waals surface area (Å²) in [7, 11) is 1.37. The minimum Gasteiger partial charge on any atom is -0.468 e. The van der Waals surface area contributed by atoms with Crippen molar-refractivity contribution >= 4 is 11.9 Å². The van der Waals surface area contributed by atoms with E-state index >= 15 is 0 Å². The second kappa shape index (κ2) is 8.69. The molecule has 3 fully saturated rings. The summed E-state index contributed by atoms with van der Waals surface area (Å²) in [5.74, 6) is -1.17. The summed E-state index contributed by atoms with van der Waals surface area (Å²) >= 11 is 0. The van der Waals surface area contributed by atoms with Crippen molar-refractivity contribution in [3.05, 3.63) is 48.0 Å². The Morgan fingerprint density at radius 3 is 2.54 bits per heavy atom. The van der Waals surface area contributed by atoms with Gasteiger partial charge < -0.3 is 28.8 Å². The van der Waals surface area contributed by atoms with E-state index in [1.54, 1.807) is 6.08 Å². The number of hydrogen-bond donors (Lipinski definition) is 1. The number of esters is 2. The molecule has 8 nitrogen and oxygen atoms in total. The van der Waals surface area contributed by atoms with E-state index in [-0.39, 0.29) is 25.3 Å². The van der Waals surface area contributed by atoms with Crippen molar-refractivity contribution in [2.24, 2.45) is 22.2 Å². The lowest BCUT2D eigenvalue weighted by molar-refractivity contribution is -0.327. The lowest BCUT2D eigenvalue weighted by Gasteiger charge is -2.60. The maximum absolute atomic E-state index is 13.5. The Kier molecular flexibility index (Phi) is 6.07. The highest BCUT2D eigenvalue weighted by Gasteiger charge is 2.74. The van der Waals surface area contributed by atoms with Crippen molar-refractivity contribution in [1.82, 2.24) is 0 Å². The Morgan fingerprint density at radius 2 is 1.86 bits per heavy atom. The smallest absolute Gasteiger partial charge is 0.317 e. The number of ether oxygens (including phenoxy) is 5. The van der Waals surface area contributed by atoms with Crippen LogP contribution in [0.4, 0.5) is 0 Å². The highest BCUT2D eigenvalue weighted by Crippen LogP contribution is 2.65. The van der Waals surface area contributed by atoms with Gasteiger partial charge in [-0.3, -0.25) is 9.59 Å². The summed E-state index contributed by atoms with van der Waals surface area (Å²) in [6.07, 6.45) is 1.52. The number of rotatable bonds is 5. The first-order chi connectivity index (χ1) is 16.6. The standard InChI is InChI=1S/C27H34O8/c1-25(2,3)23(29)32-13-12-26-11-10-17(28)20-21(26)27(15-33-20,24(30)31-4)19-14-18(26)34-22(35-19)16-8-6-5-7-9-16/h5-11,17-22,28H,12-15H2,1-4H3/t17-,18+,19-,20+,21-,22-,26-,27+/m1/s1. The van der Waals surface area contributed by atoms with Gasteiger partial charge in [-0.2, -0.15) is 0 Å². The minimum absolute atomic E-state index is 0.0795. The lowest BCUT2D eigenvalue weighted by Crippen LogP contribution is -2.68. The van der Waals surface area contributed by atoms with Crippen molar-refractivity contribution in [2.45, 2.75) is 64.3 Å². The predicted octanol–water partition coefficient (Wildman–Crippen LogP) is 2.94. The first-order valence-electron chi connectivity index (χ1n) is 12.2. The Labute approximate surface area is 205 Å². The van der Waals surface area contributed by atoms with Gasteiger partial charge >= 0.3 is 11.9 Å². The fraction of sp³-hybridized carbons (Fsp3) is 0.630. The van der Waals surface area contributed by atoms with Crippen LogP contribution in [-0.2, 0) is 33.3 Å². The van der Waals surface area contributed by atoms with Crippen molar-refractivity contribution in [2.75, 3.05) is 20.3 Å². The fourth-order valence-electron chi connectivity index (χ4n) is 6.41. The van der Waals surface area contributed by atoms with Crippen molar-refractivity contribution in [3.63, 3.8) is 0 Å². The molecule has 1 saturated carbocycles. The molecule has 2 aliphatic heterocycles. The predicted molar refractivity (Wildman–Crippen MR) is 124 cm³/mol. The van der Waals surface area contributed by atoms with Gasteiger partial charge in [0.1, 0.15) is 5.41 Å². The van der Waals surface area contributed by atoms with Crippen LogP contribution in [-0.4, -0.2) is 61.8 Å². The number of benzene rings is 1. The number of hydrogen-bond acceptors (Lipinski definition) is 8. The minimum atomic E-state index is -1.12. The Hall–Kier alpha value is -2.26. The van der Waals surface area contributed by atoms with Gasteiger partial charge in [0, 0.05) is 23.3 Å². The maximum Gasteiger partial charge on any atom is 0.317 e. The van der Waals surface area contributed by atoms with Crippen LogP contribution in [0, 0.1) is 22.2 Å². The SMILES string of the molecule is COC(=O)[C@@]12CO[C@H]3[C@H](O)C=C[C@@](CCOC(=O)C(C)(C)C)([C@@H]4C[C@H]1O[C@H](c1ccccc1)O4)[C@@H]32. The number of carbonyl (C=O) groups excluding carboxylic acids is 2. The lowest BCUT2D eigenvalue weighted by atomic mass is 9.48. The Morgan fingerprint density at radius 1 is 1.14 bits per heavy atom. The molecule has 2 bridgehead atoms. The van der Waals surface area contributed by atoms with Gasteiger partial charge in [0.15, 0.2) is 6.29 Å². The van der Waals surface area contributed by atoms with Gasteiger partial charge in [-0.05, 0) is 27.2 Å². The summed E-state index contributed by atoms with van der Waals surface area (Å²) in [5, 5.41) is 10.8. The molecule has 4 aliphatic rings. The van der Waals surface area contributed by atoms with Gasteiger partial charge in [-0.1, -0.05) is 42.5 Å². The normalized spacial score (nSPS) is 39.6. The third-order valence-corrected chi connectivity index (χ3v) is 8.11. The van der Waals surface area contributed by atoms with Crippen molar-refractivity contribution in [3.8, 4) is 0 Å². The number of aliphatic hydroxyl groups excluding tert-OH is 1. The summed E-state index contributed by atoms with van der Waals surface area (Å²) in [5.41, 5.74) is -1.62. The Balaban J connectivity index is 1.56. The third-order valence-electron chi connectivity index (χ3n) is 8.11. The van der Waals surface area contributed by atoms with E-state index in [0.717, 1.165) is 5.56 Å². The largest absolute Gasteiger partial charge is 0.468 e. The molecular weight excluding hydrogens is 452 g/mol. The number of carbonyl (C=O) groups is 2. The molecule has 2 aliphatic carbocycles. The molecule has 1 aromatic carbocycles. The summed E-state index contributed by atoms with van der Waals surface area (Å²) < 4.78 is 30.1. The molecule has 0 radical (unpaired) electrons. The molecule has 190 valence electrons. The van der Waals surface area contributed by atoms with E-state index in [9.17, 15) is 14.7 Å². The van der Waals surface area contributed by atoms with Crippen LogP contribution < -0.4 is 0 Å². The topological polar surface area (TPSA) is 101 Å². The van der Waals surface area contributed by atoms with E-state index in [1.165, 1.54) is 7.11 Å². The molecule has 5 rings (SSSR count). The van der Waals surface area contributed by atoms with Crippen molar-refractivity contribution < 1.29 is 38.4 Å². The van der Waals surface area contributed by atoms with Crippen LogP contribution in [0.15, 0.2) is 42.5 Å². The second-order valence-electron chi connectivity index (χ2n) is 11.1. The van der Waals surface area contributed by atoms with E-state index < -0.39 is 52.7 Å². The highest BCUT2D eigenvalue weighted by atomic mass is 16.7. The molecule has 1 aromatic rings. The molecule has 2 heterocycles. The van der Waals surface area contributed by atoms with Crippen LogP contribution in [0.5, 0.6) is 0 Å². The van der Waals surface area contributed by atoms with Gasteiger partial charge in [0.2, 0.25) is 0 Å². The molecule has 0 aromatic heterocycles. The average molecular weight is 487 g/mol. The molecule has 8 heteroatoms. The Bertz CT molecular complexity index is 1000. The first kappa shape index (κ1) is 24.4. The van der Waals surface area contributed by atoms with Crippen LogP contribution >= 0.6 is 0 Å². The molecule has 0 amide bonds. The van der Waals surface area contributed by atoms with Crippen LogP contribution in [0.1, 0.15) is 45.5 Å². The van der Waals surface area contributed by atoms with Gasteiger partial charge in [-0.25, -0.2) is 0 Å². The van der Waals surface area contributed by atoms with Crippen LogP contribution in [0.2, 0.25) is 0 Å². The molecule has 0 unspecified atom stereocenters. The molecule has 1 N–H and O–H groups in total. The third kappa shape index (κ3) is 3.73.